The second-order valence-corrected chi connectivity index (χ2v) is 5.96. The standard InChI is InChI=1S/C17H23F2NO2/c1-6-20(7-2)16(21)22-14(15(18)19)12-8-10-13(11-9-12)17(3,4)5/h8-11H,6-7H2,1-5H3. The Morgan fingerprint density at radius 3 is 1.95 bits per heavy atom. The van der Waals surface area contributed by atoms with E-state index in [9.17, 15) is 13.6 Å². The molecular weight excluding hydrogens is 288 g/mol. The van der Waals surface area contributed by atoms with Crippen LogP contribution in [-0.4, -0.2) is 24.1 Å². The molecule has 0 N–H and O–H groups in total. The van der Waals surface area contributed by atoms with Crippen molar-refractivity contribution in [3.8, 4) is 0 Å². The lowest BCUT2D eigenvalue weighted by Gasteiger charge is -2.20. The fourth-order valence-electron chi connectivity index (χ4n) is 1.96. The van der Waals surface area contributed by atoms with Crippen LogP contribution in [0, 0.1) is 0 Å². The van der Waals surface area contributed by atoms with Crippen LogP contribution in [0.25, 0.3) is 5.76 Å². The molecule has 22 heavy (non-hydrogen) atoms. The molecule has 1 aromatic carbocycles. The average molecular weight is 311 g/mol. The van der Waals surface area contributed by atoms with E-state index in [4.69, 9.17) is 4.74 Å². The van der Waals surface area contributed by atoms with Gasteiger partial charge in [-0.05, 0) is 24.8 Å². The Kier molecular flexibility index (Phi) is 6.09. The second-order valence-electron chi connectivity index (χ2n) is 5.96. The smallest absolute Gasteiger partial charge is 0.404 e. The summed E-state index contributed by atoms with van der Waals surface area (Å²) in [6.07, 6.45) is -2.78. The minimum atomic E-state index is -2.01. The number of carbonyl (C=O) groups excluding carboxylic acids is 1. The first kappa shape index (κ1) is 18.1. The predicted octanol–water partition coefficient (Wildman–Crippen LogP) is 5.03. The SMILES string of the molecule is CCN(CC)C(=O)OC(=C(F)F)c1ccc(C(C)(C)C)cc1. The van der Waals surface area contributed by atoms with Gasteiger partial charge in [-0.15, -0.1) is 0 Å². The molecule has 0 aliphatic heterocycles. The fourth-order valence-corrected chi connectivity index (χ4v) is 1.96. The van der Waals surface area contributed by atoms with Crippen molar-refractivity contribution in [2.75, 3.05) is 13.1 Å². The summed E-state index contributed by atoms with van der Waals surface area (Å²) in [4.78, 5) is 13.2. The van der Waals surface area contributed by atoms with Crippen molar-refractivity contribution in [2.24, 2.45) is 0 Å². The van der Waals surface area contributed by atoms with Gasteiger partial charge in [-0.3, -0.25) is 0 Å². The lowest BCUT2D eigenvalue weighted by atomic mass is 9.86. The molecule has 0 saturated carbocycles. The maximum Gasteiger partial charge on any atom is 0.415 e. The summed E-state index contributed by atoms with van der Waals surface area (Å²) in [5.41, 5.74) is 1.13. The van der Waals surface area contributed by atoms with Crippen molar-refractivity contribution >= 4 is 11.9 Å². The van der Waals surface area contributed by atoms with Crippen molar-refractivity contribution in [3.05, 3.63) is 41.5 Å². The predicted molar refractivity (Wildman–Crippen MR) is 83.7 cm³/mol. The molecule has 0 heterocycles. The van der Waals surface area contributed by atoms with Crippen LogP contribution in [0.4, 0.5) is 13.6 Å². The molecule has 0 fully saturated rings. The van der Waals surface area contributed by atoms with E-state index in [-0.39, 0.29) is 11.0 Å². The first-order valence-corrected chi connectivity index (χ1v) is 7.33. The highest BCUT2D eigenvalue weighted by Gasteiger charge is 2.20. The average Bonchev–Trinajstić information content (AvgIpc) is 2.45. The van der Waals surface area contributed by atoms with Crippen LogP contribution in [0.1, 0.15) is 45.7 Å². The molecule has 0 aliphatic carbocycles. The van der Waals surface area contributed by atoms with Gasteiger partial charge < -0.3 is 9.64 Å². The van der Waals surface area contributed by atoms with E-state index in [1.165, 1.54) is 4.90 Å². The number of halogens is 2. The van der Waals surface area contributed by atoms with Gasteiger partial charge in [0, 0.05) is 18.7 Å². The van der Waals surface area contributed by atoms with Crippen LogP contribution in [-0.2, 0) is 10.2 Å². The molecule has 0 unspecified atom stereocenters. The Labute approximate surface area is 130 Å². The fraction of sp³-hybridized carbons (Fsp3) is 0.471. The minimum Gasteiger partial charge on any atom is -0.404 e. The van der Waals surface area contributed by atoms with Crippen molar-refractivity contribution in [3.63, 3.8) is 0 Å². The maximum atomic E-state index is 13.1. The normalized spacial score (nSPS) is 11.0. The molecule has 0 aromatic heterocycles. The van der Waals surface area contributed by atoms with E-state index in [1.807, 2.05) is 20.8 Å². The van der Waals surface area contributed by atoms with E-state index in [0.29, 0.717) is 13.1 Å². The van der Waals surface area contributed by atoms with Crippen LogP contribution in [0.5, 0.6) is 0 Å². The number of hydrogen-bond donors (Lipinski definition) is 0. The summed E-state index contributed by atoms with van der Waals surface area (Å²) in [7, 11) is 0. The molecule has 122 valence electrons. The van der Waals surface area contributed by atoms with E-state index >= 15 is 0 Å². The zero-order chi connectivity index (χ0) is 16.9. The van der Waals surface area contributed by atoms with Gasteiger partial charge in [0.05, 0.1) is 0 Å². The first-order valence-electron chi connectivity index (χ1n) is 7.33. The Morgan fingerprint density at radius 1 is 1.09 bits per heavy atom. The van der Waals surface area contributed by atoms with Crippen LogP contribution in [0.2, 0.25) is 0 Å². The van der Waals surface area contributed by atoms with Gasteiger partial charge in [0.25, 0.3) is 0 Å². The lowest BCUT2D eigenvalue weighted by molar-refractivity contribution is 0.145. The molecule has 1 aromatic rings. The molecule has 0 aliphatic rings. The minimum absolute atomic E-state index is 0.0748. The Hall–Kier alpha value is -1.91. The second kappa shape index (κ2) is 7.38. The summed E-state index contributed by atoms with van der Waals surface area (Å²) < 4.78 is 31.2. The molecule has 5 heteroatoms. The van der Waals surface area contributed by atoms with Crippen molar-refractivity contribution < 1.29 is 18.3 Å². The molecular formula is C17H23F2NO2. The molecule has 1 amide bonds. The Bertz CT molecular complexity index is 537. The third-order valence-corrected chi connectivity index (χ3v) is 3.40. The maximum absolute atomic E-state index is 13.1. The van der Waals surface area contributed by atoms with Gasteiger partial charge in [0.15, 0.2) is 0 Å². The number of hydrogen-bond acceptors (Lipinski definition) is 2. The third-order valence-electron chi connectivity index (χ3n) is 3.40. The lowest BCUT2D eigenvalue weighted by Crippen LogP contribution is -2.30. The molecule has 0 radical (unpaired) electrons. The number of amides is 1. The van der Waals surface area contributed by atoms with E-state index in [0.717, 1.165) is 5.56 Å². The molecule has 0 atom stereocenters. The van der Waals surface area contributed by atoms with Gasteiger partial charge in [-0.2, -0.15) is 8.78 Å². The Balaban J connectivity index is 3.04. The number of rotatable bonds is 4. The van der Waals surface area contributed by atoms with E-state index in [1.54, 1.807) is 38.1 Å². The van der Waals surface area contributed by atoms with Crippen molar-refractivity contribution in [2.45, 2.75) is 40.0 Å². The third kappa shape index (κ3) is 4.55. The van der Waals surface area contributed by atoms with Crippen molar-refractivity contribution in [1.82, 2.24) is 4.90 Å². The number of nitrogens with zero attached hydrogens (tertiary/aromatic N) is 1. The summed E-state index contributed by atoms with van der Waals surface area (Å²) in [6, 6.07) is 6.63. The highest BCUT2D eigenvalue weighted by Crippen LogP contribution is 2.27. The molecule has 1 rings (SSSR count). The molecule has 0 saturated heterocycles. The van der Waals surface area contributed by atoms with Gasteiger partial charge in [0.2, 0.25) is 5.76 Å². The summed E-state index contributed by atoms with van der Waals surface area (Å²) in [5, 5.41) is 0. The highest BCUT2D eigenvalue weighted by atomic mass is 19.3. The number of benzene rings is 1. The highest BCUT2D eigenvalue weighted by molar-refractivity contribution is 5.77. The molecule has 0 spiro atoms. The van der Waals surface area contributed by atoms with Crippen LogP contribution < -0.4 is 0 Å². The molecule has 3 nitrogen and oxygen atoms in total. The topological polar surface area (TPSA) is 29.5 Å². The molecule has 0 bridgehead atoms. The van der Waals surface area contributed by atoms with Gasteiger partial charge in [0.1, 0.15) is 0 Å². The number of ether oxygens (including phenoxy) is 1. The Morgan fingerprint density at radius 2 is 1.59 bits per heavy atom. The monoisotopic (exact) mass is 311 g/mol. The van der Waals surface area contributed by atoms with Crippen molar-refractivity contribution in [1.29, 1.82) is 0 Å². The van der Waals surface area contributed by atoms with Crippen LogP contribution in [0.3, 0.4) is 0 Å². The summed E-state index contributed by atoms with van der Waals surface area (Å²) in [6.45, 7) is 10.4. The van der Waals surface area contributed by atoms with Crippen LogP contribution in [0.15, 0.2) is 30.3 Å². The van der Waals surface area contributed by atoms with Gasteiger partial charge in [-0.1, -0.05) is 45.0 Å². The van der Waals surface area contributed by atoms with Gasteiger partial charge >= 0.3 is 12.2 Å². The zero-order valence-electron chi connectivity index (χ0n) is 13.7. The van der Waals surface area contributed by atoms with E-state index < -0.39 is 17.9 Å². The number of carbonyl (C=O) groups is 1. The largest absolute Gasteiger partial charge is 0.415 e. The van der Waals surface area contributed by atoms with Gasteiger partial charge in [-0.25, -0.2) is 4.79 Å². The quantitative estimate of drug-likeness (QED) is 0.730. The van der Waals surface area contributed by atoms with E-state index in [2.05, 4.69) is 0 Å². The first-order chi connectivity index (χ1) is 10.2. The van der Waals surface area contributed by atoms with Crippen LogP contribution >= 0.6 is 0 Å². The zero-order valence-corrected chi connectivity index (χ0v) is 13.7. The summed E-state index contributed by atoms with van der Waals surface area (Å²) in [5.74, 6) is -0.683. The summed E-state index contributed by atoms with van der Waals surface area (Å²) >= 11 is 0.